The lowest BCUT2D eigenvalue weighted by atomic mass is 10.4. The molecule has 0 aliphatic rings. The molecular formula is C10H19N5OS. The van der Waals surface area contributed by atoms with Gasteiger partial charge in [0.05, 0.1) is 6.54 Å². The van der Waals surface area contributed by atoms with Gasteiger partial charge in [0.15, 0.2) is 10.9 Å². The minimum atomic E-state index is 0.587. The van der Waals surface area contributed by atoms with E-state index in [9.17, 15) is 0 Å². The van der Waals surface area contributed by atoms with E-state index in [0.29, 0.717) is 11.7 Å². The molecule has 0 aromatic carbocycles. The predicted octanol–water partition coefficient (Wildman–Crippen LogP) is 0.299. The smallest absolute Gasteiger partial charge is 0.166 e. The van der Waals surface area contributed by atoms with E-state index < -0.39 is 0 Å². The maximum absolute atomic E-state index is 5.14. The third kappa shape index (κ3) is 5.10. The van der Waals surface area contributed by atoms with E-state index >= 15 is 0 Å². The van der Waals surface area contributed by atoms with Crippen molar-refractivity contribution < 1.29 is 4.74 Å². The first kappa shape index (κ1) is 13.9. The molecule has 0 saturated carbocycles. The van der Waals surface area contributed by atoms with Gasteiger partial charge >= 0.3 is 0 Å². The maximum Gasteiger partial charge on any atom is 0.166 e. The number of rotatable bonds is 7. The molecule has 0 aliphatic carbocycles. The number of methoxy groups -OCH3 is 1. The van der Waals surface area contributed by atoms with Crippen LogP contribution in [-0.2, 0) is 17.8 Å². The van der Waals surface area contributed by atoms with E-state index in [1.165, 1.54) is 0 Å². The number of ether oxygens (including phenoxy) is 1. The zero-order valence-corrected chi connectivity index (χ0v) is 11.1. The van der Waals surface area contributed by atoms with Crippen LogP contribution in [0.4, 0.5) is 0 Å². The van der Waals surface area contributed by atoms with E-state index in [0.717, 1.165) is 31.9 Å². The highest BCUT2D eigenvalue weighted by Gasteiger charge is 2.02. The van der Waals surface area contributed by atoms with Gasteiger partial charge in [0.1, 0.15) is 6.33 Å². The molecule has 6 nitrogen and oxygen atoms in total. The molecule has 7 heteroatoms. The van der Waals surface area contributed by atoms with Gasteiger partial charge in [-0.1, -0.05) is 0 Å². The molecule has 0 spiro atoms. The van der Waals surface area contributed by atoms with Crippen LogP contribution >= 0.6 is 12.2 Å². The van der Waals surface area contributed by atoms with Crippen LogP contribution in [0.5, 0.6) is 0 Å². The summed E-state index contributed by atoms with van der Waals surface area (Å²) in [7, 11) is 1.69. The summed E-state index contributed by atoms with van der Waals surface area (Å²) < 4.78 is 6.92. The normalized spacial score (nSPS) is 10.2. The first-order chi connectivity index (χ1) is 8.27. The Morgan fingerprint density at radius 1 is 1.53 bits per heavy atom. The van der Waals surface area contributed by atoms with Crippen molar-refractivity contribution in [3.05, 3.63) is 12.2 Å². The molecule has 1 rings (SSSR count). The second-order valence-corrected chi connectivity index (χ2v) is 3.90. The van der Waals surface area contributed by atoms with Crippen molar-refractivity contribution in [2.24, 2.45) is 0 Å². The Morgan fingerprint density at radius 2 is 2.35 bits per heavy atom. The molecule has 0 unspecified atom stereocenters. The summed E-state index contributed by atoms with van der Waals surface area (Å²) in [4.78, 5) is 0. The van der Waals surface area contributed by atoms with Crippen molar-refractivity contribution in [3.8, 4) is 0 Å². The topological polar surface area (TPSA) is 64.0 Å². The quantitative estimate of drug-likeness (QED) is 0.541. The summed E-state index contributed by atoms with van der Waals surface area (Å²) in [6.07, 6.45) is 2.65. The number of aryl methyl sites for hydroxylation is 1. The Bertz CT molecular complexity index is 341. The second kappa shape index (κ2) is 7.97. The Hall–Kier alpha value is -1.21. The van der Waals surface area contributed by atoms with Crippen molar-refractivity contribution in [2.75, 3.05) is 20.3 Å². The molecule has 0 saturated heterocycles. The standard InChI is InChI=1S/C10H19N5OS/c1-3-15-8-13-14-9(15)7-12-10(17)11-5-4-6-16-2/h8H,3-7H2,1-2H3,(H2,11,12,17). The highest BCUT2D eigenvalue weighted by Crippen LogP contribution is 1.93. The van der Waals surface area contributed by atoms with Gasteiger partial charge in [0.2, 0.25) is 0 Å². The highest BCUT2D eigenvalue weighted by atomic mass is 32.1. The molecule has 1 aromatic rings. The average molecular weight is 257 g/mol. The molecule has 0 atom stereocenters. The lowest BCUT2D eigenvalue weighted by Crippen LogP contribution is -2.36. The molecule has 0 amide bonds. The fourth-order valence-corrected chi connectivity index (χ4v) is 1.49. The summed E-state index contributed by atoms with van der Waals surface area (Å²) >= 11 is 5.14. The first-order valence-electron chi connectivity index (χ1n) is 5.65. The van der Waals surface area contributed by atoms with Crippen LogP contribution in [-0.4, -0.2) is 40.1 Å². The molecule has 0 fully saturated rings. The number of nitrogens with zero attached hydrogens (tertiary/aromatic N) is 3. The number of thiocarbonyl (C=S) groups is 1. The van der Waals surface area contributed by atoms with Gasteiger partial charge < -0.3 is 19.9 Å². The summed E-state index contributed by atoms with van der Waals surface area (Å²) in [5.74, 6) is 0.883. The Morgan fingerprint density at radius 3 is 3.06 bits per heavy atom. The maximum atomic E-state index is 5.14. The first-order valence-corrected chi connectivity index (χ1v) is 6.06. The molecule has 1 aromatic heterocycles. The van der Waals surface area contributed by atoms with Crippen LogP contribution in [0.25, 0.3) is 0 Å². The van der Waals surface area contributed by atoms with Crippen LogP contribution in [0.2, 0.25) is 0 Å². The lowest BCUT2D eigenvalue weighted by molar-refractivity contribution is 0.195. The summed E-state index contributed by atoms with van der Waals surface area (Å²) in [5, 5.41) is 14.7. The van der Waals surface area contributed by atoms with E-state index in [1.807, 2.05) is 11.5 Å². The van der Waals surface area contributed by atoms with Crippen LogP contribution < -0.4 is 10.6 Å². The van der Waals surface area contributed by atoms with Gasteiger partial charge in [-0.2, -0.15) is 0 Å². The Kier molecular flexibility index (Phi) is 6.49. The van der Waals surface area contributed by atoms with Crippen molar-refractivity contribution in [1.82, 2.24) is 25.4 Å². The summed E-state index contributed by atoms with van der Waals surface area (Å²) in [6, 6.07) is 0. The Balaban J connectivity index is 2.19. The van der Waals surface area contributed by atoms with Crippen molar-refractivity contribution in [2.45, 2.75) is 26.4 Å². The Labute approximate surface area is 107 Å². The van der Waals surface area contributed by atoms with Crippen molar-refractivity contribution in [3.63, 3.8) is 0 Å². The predicted molar refractivity (Wildman–Crippen MR) is 69.6 cm³/mol. The monoisotopic (exact) mass is 257 g/mol. The fraction of sp³-hybridized carbons (Fsp3) is 0.700. The second-order valence-electron chi connectivity index (χ2n) is 3.49. The number of aromatic nitrogens is 3. The third-order valence-electron chi connectivity index (χ3n) is 2.25. The molecule has 17 heavy (non-hydrogen) atoms. The lowest BCUT2D eigenvalue weighted by Gasteiger charge is -2.10. The minimum absolute atomic E-state index is 0.587. The van der Waals surface area contributed by atoms with Gasteiger partial charge in [0.25, 0.3) is 0 Å². The number of hydrogen-bond donors (Lipinski definition) is 2. The van der Waals surface area contributed by atoms with E-state index in [1.54, 1.807) is 13.4 Å². The zero-order chi connectivity index (χ0) is 12.5. The molecule has 1 heterocycles. The van der Waals surface area contributed by atoms with Crippen LogP contribution in [0, 0.1) is 0 Å². The largest absolute Gasteiger partial charge is 0.385 e. The van der Waals surface area contributed by atoms with Gasteiger partial charge in [0, 0.05) is 26.8 Å². The number of hydrogen-bond acceptors (Lipinski definition) is 4. The fourth-order valence-electron chi connectivity index (χ4n) is 1.32. The zero-order valence-electron chi connectivity index (χ0n) is 10.3. The summed E-state index contributed by atoms with van der Waals surface area (Å²) in [6.45, 7) is 5.04. The molecule has 0 bridgehead atoms. The SMILES string of the molecule is CCn1cnnc1CNC(=S)NCCCOC. The van der Waals surface area contributed by atoms with Crippen molar-refractivity contribution >= 4 is 17.3 Å². The van der Waals surface area contributed by atoms with E-state index in [-0.39, 0.29) is 0 Å². The number of nitrogens with one attached hydrogen (secondary N) is 2. The van der Waals surface area contributed by atoms with Crippen LogP contribution in [0.3, 0.4) is 0 Å². The van der Waals surface area contributed by atoms with Crippen LogP contribution in [0.15, 0.2) is 6.33 Å². The molecular weight excluding hydrogens is 238 g/mol. The van der Waals surface area contributed by atoms with Gasteiger partial charge in [-0.15, -0.1) is 10.2 Å². The molecule has 0 aliphatic heterocycles. The molecule has 0 radical (unpaired) electrons. The van der Waals surface area contributed by atoms with Gasteiger partial charge in [-0.05, 0) is 25.6 Å². The van der Waals surface area contributed by atoms with Gasteiger partial charge in [-0.25, -0.2) is 0 Å². The van der Waals surface area contributed by atoms with Gasteiger partial charge in [-0.3, -0.25) is 0 Å². The van der Waals surface area contributed by atoms with Crippen LogP contribution in [0.1, 0.15) is 19.2 Å². The van der Waals surface area contributed by atoms with E-state index in [4.69, 9.17) is 17.0 Å². The molecule has 96 valence electrons. The third-order valence-corrected chi connectivity index (χ3v) is 2.54. The minimum Gasteiger partial charge on any atom is -0.385 e. The van der Waals surface area contributed by atoms with Crippen molar-refractivity contribution in [1.29, 1.82) is 0 Å². The summed E-state index contributed by atoms with van der Waals surface area (Å²) in [5.41, 5.74) is 0. The highest BCUT2D eigenvalue weighted by molar-refractivity contribution is 7.80. The van der Waals surface area contributed by atoms with E-state index in [2.05, 4.69) is 20.8 Å². The average Bonchev–Trinajstić information content (AvgIpc) is 2.79. The molecule has 2 N–H and O–H groups in total.